The Labute approximate surface area is 95.2 Å². The molecular formula is C10H10ClF4N. The maximum Gasteiger partial charge on any atom is 0.256 e. The van der Waals surface area contributed by atoms with Crippen molar-refractivity contribution < 1.29 is 17.6 Å². The van der Waals surface area contributed by atoms with Gasteiger partial charge in [-0.15, -0.1) is 0 Å². The molecule has 0 radical (unpaired) electrons. The molecule has 0 saturated heterocycles. The number of benzene rings is 1. The third kappa shape index (κ3) is 2.86. The SMILES string of the molecule is CC(N)(Cc1cc(F)c(Cl)cc1F)C(F)F. The van der Waals surface area contributed by atoms with Gasteiger partial charge in [-0.1, -0.05) is 11.6 Å². The van der Waals surface area contributed by atoms with E-state index in [1.807, 2.05) is 0 Å². The highest BCUT2D eigenvalue weighted by Crippen LogP contribution is 2.24. The molecule has 0 heterocycles. The molecule has 6 heteroatoms. The Kier molecular flexibility index (Phi) is 3.80. The zero-order valence-corrected chi connectivity index (χ0v) is 9.16. The van der Waals surface area contributed by atoms with E-state index < -0.39 is 35.0 Å². The lowest BCUT2D eigenvalue weighted by Crippen LogP contribution is -2.46. The average molecular weight is 256 g/mol. The van der Waals surface area contributed by atoms with Gasteiger partial charge in [-0.2, -0.15) is 0 Å². The third-order valence-corrected chi connectivity index (χ3v) is 2.45. The summed E-state index contributed by atoms with van der Waals surface area (Å²) in [7, 11) is 0. The molecule has 1 nitrogen and oxygen atoms in total. The molecule has 16 heavy (non-hydrogen) atoms. The number of hydrogen-bond donors (Lipinski definition) is 1. The first-order valence-electron chi connectivity index (χ1n) is 4.44. The minimum absolute atomic E-state index is 0.216. The van der Waals surface area contributed by atoms with E-state index in [2.05, 4.69) is 0 Å². The first-order chi connectivity index (χ1) is 7.24. The first kappa shape index (κ1) is 13.3. The van der Waals surface area contributed by atoms with Gasteiger partial charge < -0.3 is 5.73 Å². The minimum atomic E-state index is -2.83. The van der Waals surface area contributed by atoms with Crippen molar-refractivity contribution >= 4 is 11.6 Å². The Morgan fingerprint density at radius 3 is 2.38 bits per heavy atom. The lowest BCUT2D eigenvalue weighted by molar-refractivity contribution is 0.0634. The second kappa shape index (κ2) is 4.59. The minimum Gasteiger partial charge on any atom is -0.320 e. The molecule has 1 rings (SSSR count). The van der Waals surface area contributed by atoms with Gasteiger partial charge >= 0.3 is 0 Å². The number of alkyl halides is 2. The molecular weight excluding hydrogens is 246 g/mol. The van der Waals surface area contributed by atoms with Crippen molar-refractivity contribution in [1.29, 1.82) is 0 Å². The normalized spacial score (nSPS) is 15.2. The van der Waals surface area contributed by atoms with Crippen molar-refractivity contribution in [3.63, 3.8) is 0 Å². The summed E-state index contributed by atoms with van der Waals surface area (Å²) in [6.07, 6.45) is -3.30. The quantitative estimate of drug-likeness (QED) is 0.652. The highest BCUT2D eigenvalue weighted by atomic mass is 35.5. The van der Waals surface area contributed by atoms with Gasteiger partial charge in [0.2, 0.25) is 0 Å². The maximum atomic E-state index is 13.3. The molecule has 0 aliphatic heterocycles. The van der Waals surface area contributed by atoms with E-state index in [1.54, 1.807) is 0 Å². The molecule has 0 saturated carbocycles. The molecule has 0 bridgehead atoms. The van der Waals surface area contributed by atoms with E-state index in [0.29, 0.717) is 0 Å². The van der Waals surface area contributed by atoms with Crippen LogP contribution in [0, 0.1) is 11.6 Å². The van der Waals surface area contributed by atoms with Crippen molar-refractivity contribution in [3.05, 3.63) is 34.4 Å². The lowest BCUT2D eigenvalue weighted by atomic mass is 9.94. The molecule has 90 valence electrons. The summed E-state index contributed by atoms with van der Waals surface area (Å²) >= 11 is 5.33. The number of hydrogen-bond acceptors (Lipinski definition) is 1. The fourth-order valence-electron chi connectivity index (χ4n) is 1.19. The summed E-state index contributed by atoms with van der Waals surface area (Å²) in [6, 6.07) is 1.53. The summed E-state index contributed by atoms with van der Waals surface area (Å²) in [5.41, 5.74) is 3.16. The number of nitrogens with two attached hydrogens (primary N) is 1. The molecule has 0 fully saturated rings. The Bertz CT molecular complexity index is 393. The molecule has 0 amide bonds. The van der Waals surface area contributed by atoms with Crippen LogP contribution in [0.5, 0.6) is 0 Å². The molecule has 1 unspecified atom stereocenters. The highest BCUT2D eigenvalue weighted by molar-refractivity contribution is 6.30. The molecule has 1 atom stereocenters. The van der Waals surface area contributed by atoms with E-state index in [-0.39, 0.29) is 5.56 Å². The van der Waals surface area contributed by atoms with Crippen LogP contribution >= 0.6 is 11.6 Å². The monoisotopic (exact) mass is 255 g/mol. The molecule has 2 N–H and O–H groups in total. The fraction of sp³-hybridized carbons (Fsp3) is 0.400. The molecule has 1 aromatic carbocycles. The summed E-state index contributed by atoms with van der Waals surface area (Å²) in [4.78, 5) is 0. The molecule has 0 aromatic heterocycles. The van der Waals surface area contributed by atoms with Crippen molar-refractivity contribution in [2.75, 3.05) is 0 Å². The van der Waals surface area contributed by atoms with Crippen LogP contribution in [0.4, 0.5) is 17.6 Å². The first-order valence-corrected chi connectivity index (χ1v) is 4.82. The summed E-state index contributed by atoms with van der Waals surface area (Å²) in [5.74, 6) is -1.70. The van der Waals surface area contributed by atoms with Crippen LogP contribution < -0.4 is 5.73 Å². The zero-order valence-electron chi connectivity index (χ0n) is 8.41. The molecule has 0 aliphatic carbocycles. The second-order valence-corrected chi connectivity index (χ2v) is 4.25. The van der Waals surface area contributed by atoms with Gasteiger partial charge in [-0.3, -0.25) is 0 Å². The zero-order chi connectivity index (χ0) is 12.5. The summed E-state index contributed by atoms with van der Waals surface area (Å²) in [5, 5.41) is -0.392. The van der Waals surface area contributed by atoms with Crippen LogP contribution in [0.1, 0.15) is 12.5 Å². The van der Waals surface area contributed by atoms with Gasteiger partial charge in [0.05, 0.1) is 10.6 Å². The predicted octanol–water partition coefficient (Wildman–Crippen LogP) is 3.14. The van der Waals surface area contributed by atoms with Crippen molar-refractivity contribution in [1.82, 2.24) is 0 Å². The summed E-state index contributed by atoms with van der Waals surface area (Å²) in [6.45, 7) is 1.07. The van der Waals surface area contributed by atoms with Crippen molar-refractivity contribution in [2.45, 2.75) is 25.3 Å². The third-order valence-electron chi connectivity index (χ3n) is 2.16. The Morgan fingerprint density at radius 1 is 1.31 bits per heavy atom. The van der Waals surface area contributed by atoms with Crippen LogP contribution in [0.3, 0.4) is 0 Å². The molecule has 0 aliphatic rings. The standard InChI is InChI=1S/C10H10ClF4N/c1-10(16,9(14)15)4-5-2-8(13)6(11)3-7(5)12/h2-3,9H,4,16H2,1H3. The van der Waals surface area contributed by atoms with E-state index in [9.17, 15) is 17.6 Å². The smallest absolute Gasteiger partial charge is 0.256 e. The lowest BCUT2D eigenvalue weighted by Gasteiger charge is -2.23. The van der Waals surface area contributed by atoms with Crippen LogP contribution in [0.15, 0.2) is 12.1 Å². The van der Waals surface area contributed by atoms with E-state index in [1.165, 1.54) is 0 Å². The van der Waals surface area contributed by atoms with Crippen LogP contribution in [-0.4, -0.2) is 12.0 Å². The fourth-order valence-corrected chi connectivity index (χ4v) is 1.34. The van der Waals surface area contributed by atoms with Crippen molar-refractivity contribution in [3.8, 4) is 0 Å². The number of rotatable bonds is 3. The number of halogens is 5. The maximum absolute atomic E-state index is 13.3. The second-order valence-electron chi connectivity index (χ2n) is 3.84. The highest BCUT2D eigenvalue weighted by Gasteiger charge is 2.31. The van der Waals surface area contributed by atoms with Gasteiger partial charge in [0, 0.05) is 0 Å². The van der Waals surface area contributed by atoms with Gasteiger partial charge in [0.25, 0.3) is 6.43 Å². The Balaban J connectivity index is 3.02. The molecule has 1 aromatic rings. The van der Waals surface area contributed by atoms with Crippen LogP contribution in [0.2, 0.25) is 5.02 Å². The van der Waals surface area contributed by atoms with E-state index in [4.69, 9.17) is 17.3 Å². The predicted molar refractivity (Wildman–Crippen MR) is 53.7 cm³/mol. The topological polar surface area (TPSA) is 26.0 Å². The Hall–Kier alpha value is -0.810. The van der Waals surface area contributed by atoms with E-state index >= 15 is 0 Å². The van der Waals surface area contributed by atoms with Crippen molar-refractivity contribution in [2.24, 2.45) is 5.73 Å². The van der Waals surface area contributed by atoms with E-state index in [0.717, 1.165) is 19.1 Å². The molecule has 0 spiro atoms. The summed E-state index contributed by atoms with van der Waals surface area (Å²) < 4.78 is 51.2. The van der Waals surface area contributed by atoms with Crippen LogP contribution in [-0.2, 0) is 6.42 Å². The Morgan fingerprint density at radius 2 is 1.88 bits per heavy atom. The van der Waals surface area contributed by atoms with Crippen LogP contribution in [0.25, 0.3) is 0 Å². The average Bonchev–Trinajstić information content (AvgIpc) is 2.13. The van der Waals surface area contributed by atoms with Gasteiger partial charge in [0.1, 0.15) is 11.6 Å². The van der Waals surface area contributed by atoms with Gasteiger partial charge in [-0.25, -0.2) is 17.6 Å². The van der Waals surface area contributed by atoms with Gasteiger partial charge in [-0.05, 0) is 31.0 Å². The van der Waals surface area contributed by atoms with Gasteiger partial charge in [0.15, 0.2) is 0 Å². The largest absolute Gasteiger partial charge is 0.320 e.